The molecule has 0 aromatic carbocycles. The van der Waals surface area contributed by atoms with Crippen molar-refractivity contribution in [2.24, 2.45) is 0 Å². The highest BCUT2D eigenvalue weighted by Gasteiger charge is 2.22. The second kappa shape index (κ2) is 4.92. The van der Waals surface area contributed by atoms with E-state index in [0.717, 1.165) is 31.8 Å². The van der Waals surface area contributed by atoms with Crippen molar-refractivity contribution in [2.75, 3.05) is 32.1 Å². The minimum Gasteiger partial charge on any atom is -0.437 e. The van der Waals surface area contributed by atoms with Crippen molar-refractivity contribution in [1.29, 1.82) is 0 Å². The highest BCUT2D eigenvalue weighted by molar-refractivity contribution is 5.91. The summed E-state index contributed by atoms with van der Waals surface area (Å²) < 4.78 is 5.54. The third kappa shape index (κ3) is 2.69. The molecule has 0 saturated carbocycles. The summed E-state index contributed by atoms with van der Waals surface area (Å²) in [5.41, 5.74) is 0. The Morgan fingerprint density at radius 1 is 1.35 bits per heavy atom. The molecule has 1 aromatic rings. The molecular formula is C13H20N2O2. The Hall–Kier alpha value is -1.29. The number of rotatable bonds is 3. The highest BCUT2D eigenvalue weighted by atomic mass is 16.4. The molecular weight excluding hydrogens is 216 g/mol. The largest absolute Gasteiger partial charge is 0.437 e. The van der Waals surface area contributed by atoms with Crippen LogP contribution in [0, 0.1) is 0 Å². The minimum absolute atomic E-state index is 0.0144. The lowest BCUT2D eigenvalue weighted by atomic mass is 10.0. The van der Waals surface area contributed by atoms with Crippen molar-refractivity contribution in [3.8, 4) is 0 Å². The SMILES string of the molecule is CC(=O)c1ccc(N2CCC(N(C)C)CC2)o1. The van der Waals surface area contributed by atoms with Gasteiger partial charge >= 0.3 is 0 Å². The van der Waals surface area contributed by atoms with Gasteiger partial charge in [-0.2, -0.15) is 0 Å². The monoisotopic (exact) mass is 236 g/mol. The van der Waals surface area contributed by atoms with Gasteiger partial charge in [-0.25, -0.2) is 0 Å². The summed E-state index contributed by atoms with van der Waals surface area (Å²) in [6.07, 6.45) is 2.28. The van der Waals surface area contributed by atoms with Crippen LogP contribution in [-0.2, 0) is 0 Å². The van der Waals surface area contributed by atoms with E-state index in [4.69, 9.17) is 4.42 Å². The lowest BCUT2D eigenvalue weighted by molar-refractivity contribution is 0.0987. The van der Waals surface area contributed by atoms with Crippen molar-refractivity contribution in [1.82, 2.24) is 4.90 Å². The van der Waals surface area contributed by atoms with Crippen LogP contribution in [0.2, 0.25) is 0 Å². The molecule has 1 aliphatic rings. The topological polar surface area (TPSA) is 36.7 Å². The fourth-order valence-corrected chi connectivity index (χ4v) is 2.29. The van der Waals surface area contributed by atoms with Gasteiger partial charge in [0, 0.05) is 32.1 Å². The first kappa shape index (κ1) is 12.2. The standard InChI is InChI=1S/C13H20N2O2/c1-10(16)12-4-5-13(17-12)15-8-6-11(7-9-15)14(2)3/h4-5,11H,6-9H2,1-3H3. The third-order valence-electron chi connectivity index (χ3n) is 3.45. The number of nitrogens with zero attached hydrogens (tertiary/aromatic N) is 2. The van der Waals surface area contributed by atoms with E-state index in [2.05, 4.69) is 23.9 Å². The fraction of sp³-hybridized carbons (Fsp3) is 0.615. The molecule has 0 amide bonds. The van der Waals surface area contributed by atoms with E-state index in [-0.39, 0.29) is 5.78 Å². The molecule has 1 aliphatic heterocycles. The molecule has 0 radical (unpaired) electrons. The van der Waals surface area contributed by atoms with Gasteiger partial charge in [-0.1, -0.05) is 0 Å². The van der Waals surface area contributed by atoms with Crippen LogP contribution in [0.3, 0.4) is 0 Å². The normalized spacial score (nSPS) is 17.8. The molecule has 0 bridgehead atoms. The molecule has 0 spiro atoms. The summed E-state index contributed by atoms with van der Waals surface area (Å²) >= 11 is 0. The van der Waals surface area contributed by atoms with Crippen LogP contribution in [0.25, 0.3) is 0 Å². The third-order valence-corrected chi connectivity index (χ3v) is 3.45. The molecule has 17 heavy (non-hydrogen) atoms. The van der Waals surface area contributed by atoms with Crippen LogP contribution in [0.5, 0.6) is 0 Å². The van der Waals surface area contributed by atoms with E-state index in [0.29, 0.717) is 11.8 Å². The van der Waals surface area contributed by atoms with Crippen molar-refractivity contribution in [3.63, 3.8) is 0 Å². The van der Waals surface area contributed by atoms with Gasteiger partial charge < -0.3 is 14.2 Å². The predicted molar refractivity (Wildman–Crippen MR) is 67.6 cm³/mol. The highest BCUT2D eigenvalue weighted by Crippen LogP contribution is 2.24. The van der Waals surface area contributed by atoms with E-state index < -0.39 is 0 Å². The number of ketones is 1. The number of hydrogen-bond acceptors (Lipinski definition) is 4. The fourth-order valence-electron chi connectivity index (χ4n) is 2.29. The van der Waals surface area contributed by atoms with Gasteiger partial charge in [-0.05, 0) is 33.0 Å². The molecule has 1 saturated heterocycles. The first-order valence-electron chi connectivity index (χ1n) is 6.10. The molecule has 1 fully saturated rings. The zero-order chi connectivity index (χ0) is 12.4. The van der Waals surface area contributed by atoms with Crippen LogP contribution in [0.15, 0.2) is 16.5 Å². The molecule has 0 atom stereocenters. The van der Waals surface area contributed by atoms with Crippen molar-refractivity contribution >= 4 is 11.7 Å². The summed E-state index contributed by atoms with van der Waals surface area (Å²) in [5.74, 6) is 1.27. The minimum atomic E-state index is -0.0144. The first-order valence-corrected chi connectivity index (χ1v) is 6.10. The van der Waals surface area contributed by atoms with Gasteiger partial charge in [0.2, 0.25) is 0 Å². The molecule has 1 aromatic heterocycles. The Morgan fingerprint density at radius 3 is 2.47 bits per heavy atom. The van der Waals surface area contributed by atoms with Crippen LogP contribution in [0.4, 0.5) is 5.88 Å². The summed E-state index contributed by atoms with van der Waals surface area (Å²) in [6.45, 7) is 3.52. The molecule has 0 N–H and O–H groups in total. The van der Waals surface area contributed by atoms with Gasteiger partial charge in [0.25, 0.3) is 0 Å². The summed E-state index contributed by atoms with van der Waals surface area (Å²) in [5, 5.41) is 0. The smallest absolute Gasteiger partial charge is 0.196 e. The maximum Gasteiger partial charge on any atom is 0.196 e. The van der Waals surface area contributed by atoms with Crippen molar-refractivity contribution < 1.29 is 9.21 Å². The quantitative estimate of drug-likeness (QED) is 0.752. The average Bonchev–Trinajstić information content (AvgIpc) is 2.78. The average molecular weight is 236 g/mol. The summed E-state index contributed by atoms with van der Waals surface area (Å²) in [4.78, 5) is 15.7. The zero-order valence-electron chi connectivity index (χ0n) is 10.8. The summed E-state index contributed by atoms with van der Waals surface area (Å²) in [6, 6.07) is 4.32. The molecule has 0 unspecified atom stereocenters. The van der Waals surface area contributed by atoms with Crippen LogP contribution < -0.4 is 4.90 Å². The lowest BCUT2D eigenvalue weighted by Crippen LogP contribution is -2.41. The summed E-state index contributed by atoms with van der Waals surface area (Å²) in [7, 11) is 4.25. The Bertz CT molecular complexity index is 390. The molecule has 4 nitrogen and oxygen atoms in total. The Balaban J connectivity index is 1.98. The molecule has 2 rings (SSSR count). The predicted octanol–water partition coefficient (Wildman–Crippen LogP) is 2.01. The van der Waals surface area contributed by atoms with E-state index in [9.17, 15) is 4.79 Å². The van der Waals surface area contributed by atoms with E-state index >= 15 is 0 Å². The Kier molecular flexibility index (Phi) is 3.52. The van der Waals surface area contributed by atoms with Gasteiger partial charge in [-0.3, -0.25) is 4.79 Å². The first-order chi connectivity index (χ1) is 8.08. The number of hydrogen-bond donors (Lipinski definition) is 0. The van der Waals surface area contributed by atoms with E-state index in [1.54, 1.807) is 6.07 Å². The number of carbonyl (C=O) groups excluding carboxylic acids is 1. The molecule has 94 valence electrons. The number of carbonyl (C=O) groups is 1. The zero-order valence-corrected chi connectivity index (χ0v) is 10.8. The molecule has 0 aliphatic carbocycles. The van der Waals surface area contributed by atoms with E-state index in [1.165, 1.54) is 6.92 Å². The maximum absolute atomic E-state index is 11.2. The van der Waals surface area contributed by atoms with E-state index in [1.807, 2.05) is 6.07 Å². The number of furan rings is 1. The molecule has 4 heteroatoms. The van der Waals surface area contributed by atoms with Gasteiger partial charge in [0.05, 0.1) is 0 Å². The second-order valence-corrected chi connectivity index (χ2v) is 4.88. The number of Topliss-reactive ketones (excluding diaryl/α,β-unsaturated/α-hetero) is 1. The van der Waals surface area contributed by atoms with Crippen molar-refractivity contribution in [2.45, 2.75) is 25.8 Å². The van der Waals surface area contributed by atoms with Gasteiger partial charge in [-0.15, -0.1) is 0 Å². The van der Waals surface area contributed by atoms with Crippen molar-refractivity contribution in [3.05, 3.63) is 17.9 Å². The Labute approximate surface area is 102 Å². The maximum atomic E-state index is 11.2. The lowest BCUT2D eigenvalue weighted by Gasteiger charge is -2.35. The second-order valence-electron chi connectivity index (χ2n) is 4.88. The van der Waals surface area contributed by atoms with Crippen LogP contribution in [0.1, 0.15) is 30.3 Å². The number of anilines is 1. The molecule has 2 heterocycles. The van der Waals surface area contributed by atoms with Gasteiger partial charge in [0.15, 0.2) is 17.4 Å². The number of piperidine rings is 1. The van der Waals surface area contributed by atoms with Crippen LogP contribution >= 0.6 is 0 Å². The Morgan fingerprint density at radius 2 is 2.00 bits per heavy atom. The van der Waals surface area contributed by atoms with Crippen LogP contribution in [-0.4, -0.2) is 43.9 Å². The van der Waals surface area contributed by atoms with Gasteiger partial charge in [0.1, 0.15) is 0 Å².